The molecule has 0 atom stereocenters. The number of benzene rings is 1. The molecule has 3 aromatic rings. The van der Waals surface area contributed by atoms with Crippen molar-refractivity contribution in [2.24, 2.45) is 0 Å². The number of thioether (sulfide) groups is 1. The van der Waals surface area contributed by atoms with Crippen LogP contribution in [0.25, 0.3) is 5.69 Å². The molecule has 6 nitrogen and oxygen atoms in total. The van der Waals surface area contributed by atoms with Gasteiger partial charge < -0.3 is 5.32 Å². The molecule has 0 saturated carbocycles. The predicted molar refractivity (Wildman–Crippen MR) is 96.2 cm³/mol. The minimum atomic E-state index is -0.211. The van der Waals surface area contributed by atoms with E-state index in [1.165, 1.54) is 0 Å². The van der Waals surface area contributed by atoms with Gasteiger partial charge in [-0.15, -0.1) is 5.10 Å². The van der Waals surface area contributed by atoms with E-state index in [9.17, 15) is 4.79 Å². The number of hydrogen-bond acceptors (Lipinski definition) is 6. The number of hydrogen-bond donors (Lipinski definition) is 1. The molecule has 4 rings (SSSR count). The van der Waals surface area contributed by atoms with Gasteiger partial charge in [0.1, 0.15) is 10.7 Å². The van der Waals surface area contributed by atoms with E-state index < -0.39 is 0 Å². The van der Waals surface area contributed by atoms with Crippen molar-refractivity contribution in [3.63, 3.8) is 0 Å². The summed E-state index contributed by atoms with van der Waals surface area (Å²) in [4.78, 5) is 13.1. The van der Waals surface area contributed by atoms with Crippen LogP contribution in [-0.4, -0.2) is 25.3 Å². The molecule has 0 unspecified atom stereocenters. The number of aromatic nitrogens is 4. The number of fused-ring (bicyclic) bond motifs is 1. The first kappa shape index (κ1) is 15.6. The largest absolute Gasteiger partial charge is 0.305 e. The SMILES string of the molecule is Cc1nnsc1C(=O)Nc1c2c(nn1-c1ccc(Cl)cc1)CSC2. The minimum Gasteiger partial charge on any atom is -0.305 e. The first-order valence-corrected chi connectivity index (χ1v) is 9.49. The van der Waals surface area contributed by atoms with Crippen LogP contribution in [0.3, 0.4) is 0 Å². The molecule has 0 spiro atoms. The van der Waals surface area contributed by atoms with Crippen LogP contribution >= 0.6 is 34.9 Å². The molecule has 1 aliphatic heterocycles. The highest BCUT2D eigenvalue weighted by molar-refractivity contribution is 7.98. The molecule has 122 valence electrons. The molecule has 0 bridgehead atoms. The average Bonchev–Trinajstić information content (AvgIpc) is 3.26. The van der Waals surface area contributed by atoms with Gasteiger partial charge in [0.15, 0.2) is 0 Å². The maximum absolute atomic E-state index is 12.6. The molecule has 0 fully saturated rings. The Morgan fingerprint density at radius 1 is 1.29 bits per heavy atom. The van der Waals surface area contributed by atoms with Gasteiger partial charge in [-0.2, -0.15) is 16.9 Å². The third kappa shape index (κ3) is 2.70. The quantitative estimate of drug-likeness (QED) is 0.753. The van der Waals surface area contributed by atoms with Crippen LogP contribution < -0.4 is 5.32 Å². The van der Waals surface area contributed by atoms with Gasteiger partial charge in [0.25, 0.3) is 5.91 Å². The topological polar surface area (TPSA) is 72.7 Å². The maximum atomic E-state index is 12.6. The number of amides is 1. The van der Waals surface area contributed by atoms with Crippen LogP contribution in [0.5, 0.6) is 0 Å². The second kappa shape index (κ2) is 6.19. The maximum Gasteiger partial charge on any atom is 0.270 e. The molecular weight excluding hydrogens is 366 g/mol. The highest BCUT2D eigenvalue weighted by Crippen LogP contribution is 2.36. The number of carbonyl (C=O) groups excluding carboxylic acids is 1. The summed E-state index contributed by atoms with van der Waals surface area (Å²) in [6.07, 6.45) is 0. The third-order valence-electron chi connectivity index (χ3n) is 3.71. The summed E-state index contributed by atoms with van der Waals surface area (Å²) >= 11 is 8.85. The standard InChI is InChI=1S/C15H12ClN5OS2/c1-8-13(24-20-18-8)15(22)17-14-11-6-23-7-12(11)19-21(14)10-4-2-9(16)3-5-10/h2-5H,6-7H2,1H3,(H,17,22). The van der Waals surface area contributed by atoms with Crippen molar-refractivity contribution < 1.29 is 4.79 Å². The highest BCUT2D eigenvalue weighted by atomic mass is 35.5. The van der Waals surface area contributed by atoms with Gasteiger partial charge in [-0.25, -0.2) is 4.68 Å². The molecular formula is C15H12ClN5OS2. The zero-order valence-electron chi connectivity index (χ0n) is 12.6. The molecule has 1 N–H and O–H groups in total. The summed E-state index contributed by atoms with van der Waals surface area (Å²) in [5, 5.41) is 12.2. The van der Waals surface area contributed by atoms with E-state index >= 15 is 0 Å². The second-order valence-corrected chi connectivity index (χ2v) is 7.47. The Morgan fingerprint density at radius 2 is 2.08 bits per heavy atom. The van der Waals surface area contributed by atoms with E-state index in [1.807, 2.05) is 12.1 Å². The zero-order chi connectivity index (χ0) is 16.7. The van der Waals surface area contributed by atoms with Gasteiger partial charge in [0.05, 0.1) is 17.1 Å². The fourth-order valence-electron chi connectivity index (χ4n) is 2.51. The van der Waals surface area contributed by atoms with Crippen LogP contribution in [0, 0.1) is 6.92 Å². The lowest BCUT2D eigenvalue weighted by Gasteiger charge is -2.10. The van der Waals surface area contributed by atoms with E-state index in [0.717, 1.165) is 40.0 Å². The van der Waals surface area contributed by atoms with Gasteiger partial charge in [0, 0.05) is 22.1 Å². The Morgan fingerprint density at radius 3 is 2.79 bits per heavy atom. The number of nitrogens with zero attached hydrogens (tertiary/aromatic N) is 4. The van der Waals surface area contributed by atoms with Gasteiger partial charge in [-0.3, -0.25) is 4.79 Å². The van der Waals surface area contributed by atoms with E-state index in [1.54, 1.807) is 35.5 Å². The Labute approximate surface area is 151 Å². The van der Waals surface area contributed by atoms with E-state index in [2.05, 4.69) is 20.0 Å². The fourth-order valence-corrected chi connectivity index (χ4v) is 4.23. The normalized spacial score (nSPS) is 13.1. The first-order valence-electron chi connectivity index (χ1n) is 7.18. The Bertz CT molecular complexity index is 919. The molecule has 0 aliphatic carbocycles. The summed E-state index contributed by atoms with van der Waals surface area (Å²) in [5.41, 5.74) is 3.55. The number of halogens is 1. The van der Waals surface area contributed by atoms with Gasteiger partial charge in [-0.05, 0) is 42.7 Å². The van der Waals surface area contributed by atoms with Crippen molar-refractivity contribution in [2.75, 3.05) is 5.32 Å². The van der Waals surface area contributed by atoms with Gasteiger partial charge >= 0.3 is 0 Å². The summed E-state index contributed by atoms with van der Waals surface area (Å²) in [5.74, 6) is 2.17. The zero-order valence-corrected chi connectivity index (χ0v) is 15.0. The lowest BCUT2D eigenvalue weighted by molar-refractivity contribution is 0.102. The van der Waals surface area contributed by atoms with Crippen molar-refractivity contribution in [1.82, 2.24) is 19.4 Å². The van der Waals surface area contributed by atoms with Crippen LogP contribution in [0.15, 0.2) is 24.3 Å². The molecule has 0 saturated heterocycles. The van der Waals surface area contributed by atoms with Crippen molar-refractivity contribution in [3.8, 4) is 5.69 Å². The second-order valence-electron chi connectivity index (χ2n) is 5.30. The number of rotatable bonds is 3. The van der Waals surface area contributed by atoms with Crippen LogP contribution in [-0.2, 0) is 11.5 Å². The average molecular weight is 378 g/mol. The Kier molecular flexibility index (Phi) is 4.03. The number of anilines is 1. The number of aryl methyl sites for hydroxylation is 1. The molecule has 24 heavy (non-hydrogen) atoms. The summed E-state index contributed by atoms with van der Waals surface area (Å²) in [7, 11) is 0. The van der Waals surface area contributed by atoms with Crippen molar-refractivity contribution in [3.05, 3.63) is 51.1 Å². The van der Waals surface area contributed by atoms with E-state index in [0.29, 0.717) is 21.4 Å². The molecule has 3 heterocycles. The number of nitrogens with one attached hydrogen (secondary N) is 1. The monoisotopic (exact) mass is 377 g/mol. The summed E-state index contributed by atoms with van der Waals surface area (Å²) in [6.45, 7) is 1.77. The van der Waals surface area contributed by atoms with E-state index in [4.69, 9.17) is 11.6 Å². The fraction of sp³-hybridized carbons (Fsp3) is 0.200. The van der Waals surface area contributed by atoms with Crippen LogP contribution in [0.2, 0.25) is 5.02 Å². The molecule has 1 aliphatic rings. The number of carbonyl (C=O) groups is 1. The Balaban J connectivity index is 1.75. The van der Waals surface area contributed by atoms with Gasteiger partial charge in [-0.1, -0.05) is 16.1 Å². The van der Waals surface area contributed by atoms with Crippen molar-refractivity contribution in [2.45, 2.75) is 18.4 Å². The molecule has 0 radical (unpaired) electrons. The summed E-state index contributed by atoms with van der Waals surface area (Å²) < 4.78 is 5.59. The molecule has 1 amide bonds. The third-order valence-corrected chi connectivity index (χ3v) is 5.76. The molecule has 2 aromatic heterocycles. The predicted octanol–water partition coefficient (Wildman–Crippen LogP) is 3.68. The Hall–Kier alpha value is -1.90. The van der Waals surface area contributed by atoms with Crippen LogP contribution in [0.4, 0.5) is 5.82 Å². The van der Waals surface area contributed by atoms with Crippen LogP contribution in [0.1, 0.15) is 26.6 Å². The smallest absolute Gasteiger partial charge is 0.270 e. The summed E-state index contributed by atoms with van der Waals surface area (Å²) in [6, 6.07) is 7.38. The lowest BCUT2D eigenvalue weighted by atomic mass is 10.2. The molecule has 9 heteroatoms. The lowest BCUT2D eigenvalue weighted by Crippen LogP contribution is -2.16. The van der Waals surface area contributed by atoms with E-state index in [-0.39, 0.29) is 5.91 Å². The highest BCUT2D eigenvalue weighted by Gasteiger charge is 2.26. The minimum absolute atomic E-state index is 0.211. The molecule has 1 aromatic carbocycles. The van der Waals surface area contributed by atoms with Crippen molar-refractivity contribution in [1.29, 1.82) is 0 Å². The first-order chi connectivity index (χ1) is 11.6. The van der Waals surface area contributed by atoms with Crippen molar-refractivity contribution >= 4 is 46.6 Å². The van der Waals surface area contributed by atoms with Gasteiger partial charge in [0.2, 0.25) is 0 Å².